The van der Waals surface area contributed by atoms with Crippen molar-refractivity contribution in [3.63, 3.8) is 0 Å². The number of benzene rings is 3. The average Bonchev–Trinajstić information content (AvgIpc) is 3.05. The van der Waals surface area contributed by atoms with Crippen molar-refractivity contribution in [1.82, 2.24) is 4.90 Å². The minimum atomic E-state index is -4.00. The van der Waals surface area contributed by atoms with Gasteiger partial charge in [0.15, 0.2) is 5.60 Å². The number of rotatable bonds is 10. The zero-order valence-corrected chi connectivity index (χ0v) is 25.9. The van der Waals surface area contributed by atoms with Gasteiger partial charge < -0.3 is 26.2 Å². The van der Waals surface area contributed by atoms with Crippen LogP contribution in [0.2, 0.25) is 5.02 Å². The van der Waals surface area contributed by atoms with E-state index in [4.69, 9.17) is 27.8 Å². The fourth-order valence-corrected chi connectivity index (χ4v) is 6.54. The first-order valence-corrected chi connectivity index (χ1v) is 15.9. The number of likely N-dealkylation sites (tertiary alicyclic amines) is 1. The van der Waals surface area contributed by atoms with E-state index in [1.165, 1.54) is 59.9 Å². The quantitative estimate of drug-likeness (QED) is 0.252. The Hall–Kier alpha value is -3.53. The van der Waals surface area contributed by atoms with Gasteiger partial charge in [0.25, 0.3) is 11.8 Å². The molecule has 240 valence electrons. The van der Waals surface area contributed by atoms with Crippen LogP contribution in [0.4, 0.5) is 8.78 Å². The first kappa shape index (κ1) is 32.9. The minimum Gasteiger partial charge on any atom is -0.493 e. The molecule has 45 heavy (non-hydrogen) atoms. The van der Waals surface area contributed by atoms with Gasteiger partial charge in [-0.05, 0) is 72.6 Å². The molecule has 7 nitrogen and oxygen atoms in total. The highest BCUT2D eigenvalue weighted by Crippen LogP contribution is 2.48. The first-order valence-electron chi connectivity index (χ1n) is 15.5. The van der Waals surface area contributed by atoms with Crippen molar-refractivity contribution < 1.29 is 28.2 Å². The number of carbonyl (C=O) groups excluding carboxylic acids is 2. The van der Waals surface area contributed by atoms with E-state index in [1.54, 1.807) is 24.3 Å². The largest absolute Gasteiger partial charge is 0.493 e. The summed E-state index contributed by atoms with van der Waals surface area (Å²) in [6.45, 7) is 0.747. The summed E-state index contributed by atoms with van der Waals surface area (Å²) in [5, 5.41) is 12.5. The van der Waals surface area contributed by atoms with Crippen LogP contribution in [0.25, 0.3) is 11.1 Å². The smallest absolute Gasteiger partial charge is 0.288 e. The van der Waals surface area contributed by atoms with Crippen LogP contribution in [0.5, 0.6) is 5.75 Å². The van der Waals surface area contributed by atoms with Crippen molar-refractivity contribution in [3.05, 3.63) is 88.9 Å². The van der Waals surface area contributed by atoms with Crippen molar-refractivity contribution in [2.45, 2.75) is 62.5 Å². The van der Waals surface area contributed by atoms with Gasteiger partial charge in [0.1, 0.15) is 11.7 Å². The summed E-state index contributed by atoms with van der Waals surface area (Å²) in [5.41, 5.74) is 9.32. The van der Waals surface area contributed by atoms with E-state index in [2.05, 4.69) is 0 Å². The lowest BCUT2D eigenvalue weighted by atomic mass is 9.74. The van der Waals surface area contributed by atoms with E-state index < -0.39 is 34.8 Å². The van der Waals surface area contributed by atoms with E-state index >= 15 is 8.78 Å². The Kier molecular flexibility index (Phi) is 10.1. The normalized spacial score (nSPS) is 18.6. The molecule has 2 aliphatic rings. The van der Waals surface area contributed by atoms with Gasteiger partial charge in [-0.15, -0.1) is 0 Å². The van der Waals surface area contributed by atoms with Gasteiger partial charge in [-0.25, -0.2) is 8.78 Å². The van der Waals surface area contributed by atoms with E-state index in [0.717, 1.165) is 31.2 Å². The molecule has 1 heterocycles. The van der Waals surface area contributed by atoms with Gasteiger partial charge in [-0.2, -0.15) is 0 Å². The highest BCUT2D eigenvalue weighted by atomic mass is 35.5. The minimum absolute atomic E-state index is 0.116. The van der Waals surface area contributed by atoms with Gasteiger partial charge in [-0.3, -0.25) is 9.59 Å². The van der Waals surface area contributed by atoms with Crippen LogP contribution < -0.4 is 16.2 Å². The molecule has 1 saturated heterocycles. The monoisotopic (exact) mass is 639 g/mol. The molecule has 2 fully saturated rings. The Bertz CT molecular complexity index is 1460. The van der Waals surface area contributed by atoms with Gasteiger partial charge in [0.05, 0.1) is 6.61 Å². The maximum absolute atomic E-state index is 16.8. The molecule has 0 aromatic heterocycles. The predicted octanol–water partition coefficient (Wildman–Crippen LogP) is 6.00. The van der Waals surface area contributed by atoms with Crippen LogP contribution in [0, 0.1) is 11.8 Å². The molecule has 0 radical (unpaired) electrons. The Morgan fingerprint density at radius 3 is 1.96 bits per heavy atom. The molecule has 1 saturated carbocycles. The van der Waals surface area contributed by atoms with Crippen molar-refractivity contribution in [2.75, 3.05) is 19.7 Å². The Morgan fingerprint density at radius 1 is 0.867 bits per heavy atom. The molecule has 5 rings (SSSR count). The van der Waals surface area contributed by atoms with Crippen LogP contribution >= 0.6 is 11.6 Å². The summed E-state index contributed by atoms with van der Waals surface area (Å²) in [6.07, 6.45) is 6.52. The summed E-state index contributed by atoms with van der Waals surface area (Å²) >= 11 is 5.99. The van der Waals surface area contributed by atoms with Gasteiger partial charge >= 0.3 is 0 Å². The maximum atomic E-state index is 16.8. The SMILES string of the molecule is NC(=O)C(O)(c1ccc(OCC2CCCCC2)cc1)[C@H](C(=O)N1CCC(N)CC1)C(F)(F)c1ccc(-c2ccc(Cl)cc2)cc1. The molecule has 3 aromatic carbocycles. The van der Waals surface area contributed by atoms with Crippen LogP contribution in [0.15, 0.2) is 72.8 Å². The topological polar surface area (TPSA) is 119 Å². The summed E-state index contributed by atoms with van der Waals surface area (Å²) in [6, 6.07) is 17.8. The third-order valence-electron chi connectivity index (χ3n) is 9.21. The molecule has 1 unspecified atom stereocenters. The zero-order chi connectivity index (χ0) is 32.2. The van der Waals surface area contributed by atoms with Gasteiger partial charge in [0.2, 0.25) is 5.91 Å². The molecule has 5 N–H and O–H groups in total. The third-order valence-corrected chi connectivity index (χ3v) is 9.46. The molecule has 10 heteroatoms. The molecule has 0 bridgehead atoms. The number of primary amides is 1. The van der Waals surface area contributed by atoms with Crippen molar-refractivity contribution in [1.29, 1.82) is 0 Å². The van der Waals surface area contributed by atoms with E-state index in [-0.39, 0.29) is 24.7 Å². The third kappa shape index (κ3) is 7.16. The molecule has 2 atom stereocenters. The standard InChI is InChI=1S/C35H40ClF2N3O4/c36-28-14-8-25(9-15-28)24-6-10-27(11-7-24)35(37,38)31(32(42)41-20-18-29(39)19-21-41)34(44,33(40)43)26-12-16-30(17-13-26)45-22-23-4-2-1-3-5-23/h6-17,23,29,31,44H,1-5,18-22,39H2,(H2,40,43)/t31-,34?/m0/s1. The Morgan fingerprint density at radius 2 is 1.40 bits per heavy atom. The first-order chi connectivity index (χ1) is 21.5. The lowest BCUT2D eigenvalue weighted by Gasteiger charge is -2.41. The highest BCUT2D eigenvalue weighted by molar-refractivity contribution is 6.30. The molecular weight excluding hydrogens is 600 g/mol. The molecule has 3 aromatic rings. The number of hydrogen-bond donors (Lipinski definition) is 3. The second-order valence-corrected chi connectivity index (χ2v) is 12.7. The molecule has 1 aliphatic heterocycles. The highest BCUT2D eigenvalue weighted by Gasteiger charge is 2.62. The lowest BCUT2D eigenvalue weighted by Crippen LogP contribution is -2.60. The van der Waals surface area contributed by atoms with Gasteiger partial charge in [-0.1, -0.05) is 79.4 Å². The van der Waals surface area contributed by atoms with Crippen LogP contribution in [0.3, 0.4) is 0 Å². The number of carbonyl (C=O) groups is 2. The number of aliphatic hydroxyl groups is 1. The summed E-state index contributed by atoms with van der Waals surface area (Å²) < 4.78 is 39.4. The van der Waals surface area contributed by atoms with Crippen molar-refractivity contribution in [3.8, 4) is 16.9 Å². The second kappa shape index (κ2) is 13.8. The summed E-state index contributed by atoms with van der Waals surface area (Å²) in [7, 11) is 0. The Labute approximate surface area is 267 Å². The number of piperidine rings is 1. The molecular formula is C35H40ClF2N3O4. The average molecular weight is 640 g/mol. The second-order valence-electron chi connectivity index (χ2n) is 12.3. The van der Waals surface area contributed by atoms with E-state index in [9.17, 15) is 14.7 Å². The van der Waals surface area contributed by atoms with E-state index in [1.807, 2.05) is 0 Å². The lowest BCUT2D eigenvalue weighted by molar-refractivity contribution is -0.191. The number of hydrogen-bond acceptors (Lipinski definition) is 5. The van der Waals surface area contributed by atoms with Crippen LogP contribution in [0.1, 0.15) is 56.1 Å². The maximum Gasteiger partial charge on any atom is 0.288 e. The number of alkyl halides is 2. The number of nitrogens with two attached hydrogens (primary N) is 2. The Balaban J connectivity index is 1.49. The molecule has 2 amide bonds. The van der Waals surface area contributed by atoms with E-state index in [0.29, 0.717) is 41.7 Å². The predicted molar refractivity (Wildman–Crippen MR) is 170 cm³/mol. The van der Waals surface area contributed by atoms with Crippen LogP contribution in [-0.4, -0.2) is 47.6 Å². The van der Waals surface area contributed by atoms with Crippen molar-refractivity contribution >= 4 is 23.4 Å². The van der Waals surface area contributed by atoms with Crippen LogP contribution in [-0.2, 0) is 21.1 Å². The number of amides is 2. The van der Waals surface area contributed by atoms with Gasteiger partial charge in [0, 0.05) is 29.7 Å². The fraction of sp³-hybridized carbons (Fsp3) is 0.429. The molecule has 0 spiro atoms. The molecule has 1 aliphatic carbocycles. The summed E-state index contributed by atoms with van der Waals surface area (Å²) in [4.78, 5) is 28.3. The number of halogens is 3. The fourth-order valence-electron chi connectivity index (χ4n) is 6.42. The number of nitrogens with zero attached hydrogens (tertiary/aromatic N) is 1. The number of ether oxygens (including phenoxy) is 1. The zero-order valence-electron chi connectivity index (χ0n) is 25.1. The summed E-state index contributed by atoms with van der Waals surface area (Å²) in [5.74, 6) is -8.18. The van der Waals surface area contributed by atoms with Crippen molar-refractivity contribution in [2.24, 2.45) is 23.3 Å².